The van der Waals surface area contributed by atoms with Crippen molar-refractivity contribution in [1.29, 1.82) is 0 Å². The second-order valence-corrected chi connectivity index (χ2v) is 10.1. The molecule has 3 aromatic carbocycles. The van der Waals surface area contributed by atoms with E-state index in [9.17, 15) is 26.4 Å². The molecule has 0 saturated heterocycles. The van der Waals surface area contributed by atoms with Gasteiger partial charge in [0, 0.05) is 35.2 Å². The molecule has 0 amide bonds. The van der Waals surface area contributed by atoms with E-state index in [1.165, 1.54) is 55.8 Å². The zero-order valence-corrected chi connectivity index (χ0v) is 19.8. The highest BCUT2D eigenvalue weighted by Crippen LogP contribution is 2.33. The third kappa shape index (κ3) is 4.74. The number of rotatable bonds is 7. The molecule has 0 radical (unpaired) electrons. The van der Waals surface area contributed by atoms with E-state index in [4.69, 9.17) is 4.74 Å². The highest BCUT2D eigenvalue weighted by Gasteiger charge is 2.27. The van der Waals surface area contributed by atoms with Crippen LogP contribution in [-0.4, -0.2) is 32.6 Å². The minimum absolute atomic E-state index is 0.0361. The lowest BCUT2D eigenvalue weighted by Gasteiger charge is -2.22. The Hall–Kier alpha value is -3.79. The molecule has 0 aliphatic rings. The Morgan fingerprint density at radius 2 is 1.80 bits per heavy atom. The predicted molar refractivity (Wildman–Crippen MR) is 126 cm³/mol. The second-order valence-electron chi connectivity index (χ2n) is 8.10. The number of hydrogen-bond donors (Lipinski definition) is 2. The van der Waals surface area contributed by atoms with Gasteiger partial charge < -0.3 is 15.0 Å². The number of nitrogens with one attached hydrogen (secondary N) is 2. The summed E-state index contributed by atoms with van der Waals surface area (Å²) in [5.74, 6) is -2.97. The van der Waals surface area contributed by atoms with Gasteiger partial charge in [-0.1, -0.05) is 6.07 Å². The van der Waals surface area contributed by atoms with Gasteiger partial charge in [0.2, 0.25) is 0 Å². The second kappa shape index (κ2) is 9.10. The van der Waals surface area contributed by atoms with Crippen LogP contribution in [0.25, 0.3) is 10.9 Å². The van der Waals surface area contributed by atoms with Crippen molar-refractivity contribution < 1.29 is 31.1 Å². The molecule has 1 atom stereocenters. The van der Waals surface area contributed by atoms with E-state index < -0.39 is 39.1 Å². The largest absolute Gasteiger partial charge is 0.497 e. The van der Waals surface area contributed by atoms with Crippen LogP contribution in [0, 0.1) is 24.4 Å². The first-order valence-corrected chi connectivity index (χ1v) is 12.3. The summed E-state index contributed by atoms with van der Waals surface area (Å²) in [6, 6.07) is 9.19. The van der Waals surface area contributed by atoms with Crippen LogP contribution in [-0.2, 0) is 9.84 Å². The van der Waals surface area contributed by atoms with Crippen LogP contribution in [0.4, 0.5) is 18.9 Å². The first-order chi connectivity index (χ1) is 16.5. The van der Waals surface area contributed by atoms with Gasteiger partial charge in [-0.15, -0.1) is 0 Å². The fraction of sp³-hybridized carbons (Fsp3) is 0.160. The Balaban J connectivity index is 1.86. The van der Waals surface area contributed by atoms with Gasteiger partial charge in [0.15, 0.2) is 27.3 Å². The summed E-state index contributed by atoms with van der Waals surface area (Å²) in [6.07, 6.45) is 2.31. The number of halogens is 3. The number of aromatic nitrogens is 1. The van der Waals surface area contributed by atoms with Crippen molar-refractivity contribution in [2.75, 3.05) is 18.7 Å². The van der Waals surface area contributed by atoms with Crippen LogP contribution in [0.1, 0.15) is 27.5 Å². The molecule has 2 N–H and O–H groups in total. The fourth-order valence-electron chi connectivity index (χ4n) is 3.90. The van der Waals surface area contributed by atoms with E-state index >= 15 is 0 Å². The topological polar surface area (TPSA) is 88.3 Å². The van der Waals surface area contributed by atoms with Crippen molar-refractivity contribution in [3.63, 3.8) is 0 Å². The van der Waals surface area contributed by atoms with Crippen LogP contribution in [0.15, 0.2) is 59.6 Å². The number of benzene rings is 3. The number of aryl methyl sites for hydroxylation is 1. The molecular formula is C25H21F3N2O4S. The van der Waals surface area contributed by atoms with E-state index in [0.717, 1.165) is 12.3 Å². The number of methoxy groups -OCH3 is 1. The molecule has 35 heavy (non-hydrogen) atoms. The van der Waals surface area contributed by atoms with Crippen molar-refractivity contribution in [3.8, 4) is 5.75 Å². The van der Waals surface area contributed by atoms with E-state index in [-0.39, 0.29) is 32.8 Å². The standard InChI is InChI=1S/C25H21F3N2O4S/c1-13-8-14(26)4-5-18(13)24(30-15-9-16(34-2)11-17(10-15)35(3,32)33)25(31)20-12-29-23-19(20)6-7-21(27)22(23)28/h4-12,24,29-30H,1-3H3. The number of anilines is 1. The van der Waals surface area contributed by atoms with Crippen LogP contribution in [0.5, 0.6) is 5.75 Å². The molecule has 6 nitrogen and oxygen atoms in total. The summed E-state index contributed by atoms with van der Waals surface area (Å²) in [7, 11) is -2.24. The van der Waals surface area contributed by atoms with Crippen molar-refractivity contribution in [2.45, 2.75) is 17.9 Å². The van der Waals surface area contributed by atoms with E-state index in [0.29, 0.717) is 11.1 Å². The van der Waals surface area contributed by atoms with Crippen LogP contribution in [0.3, 0.4) is 0 Å². The molecule has 0 fully saturated rings. The first-order valence-electron chi connectivity index (χ1n) is 10.4. The molecule has 1 aromatic heterocycles. The number of carbonyl (C=O) groups is 1. The Kier molecular flexibility index (Phi) is 6.33. The third-order valence-corrected chi connectivity index (χ3v) is 6.76. The average molecular weight is 503 g/mol. The van der Waals surface area contributed by atoms with Gasteiger partial charge in [-0.05, 0) is 54.4 Å². The van der Waals surface area contributed by atoms with Crippen molar-refractivity contribution in [1.82, 2.24) is 4.98 Å². The molecular weight excluding hydrogens is 481 g/mol. The lowest BCUT2D eigenvalue weighted by molar-refractivity contribution is 0.0971. The lowest BCUT2D eigenvalue weighted by atomic mass is 9.93. The van der Waals surface area contributed by atoms with Gasteiger partial charge in [-0.25, -0.2) is 21.6 Å². The number of fused-ring (bicyclic) bond motifs is 1. The molecule has 0 aliphatic heterocycles. The third-order valence-electron chi connectivity index (χ3n) is 5.67. The fourth-order valence-corrected chi connectivity index (χ4v) is 4.57. The molecule has 0 saturated carbocycles. The number of sulfone groups is 1. The molecule has 4 aromatic rings. The van der Waals surface area contributed by atoms with Gasteiger partial charge in [0.25, 0.3) is 0 Å². The van der Waals surface area contributed by atoms with Crippen molar-refractivity contribution in [3.05, 3.63) is 88.9 Å². The van der Waals surface area contributed by atoms with Gasteiger partial charge in [0.1, 0.15) is 17.6 Å². The molecule has 182 valence electrons. The smallest absolute Gasteiger partial charge is 0.191 e. The monoisotopic (exact) mass is 502 g/mol. The zero-order chi connectivity index (χ0) is 25.5. The van der Waals surface area contributed by atoms with E-state index in [1.54, 1.807) is 6.92 Å². The highest BCUT2D eigenvalue weighted by molar-refractivity contribution is 7.90. The minimum atomic E-state index is -3.61. The quantitative estimate of drug-likeness (QED) is 0.333. The van der Waals surface area contributed by atoms with Crippen molar-refractivity contribution >= 4 is 32.2 Å². The van der Waals surface area contributed by atoms with Crippen LogP contribution >= 0.6 is 0 Å². The number of aromatic amines is 1. The lowest BCUT2D eigenvalue weighted by Crippen LogP contribution is -2.22. The maximum Gasteiger partial charge on any atom is 0.191 e. The molecule has 1 unspecified atom stereocenters. The van der Waals surface area contributed by atoms with Gasteiger partial charge in [0.05, 0.1) is 17.5 Å². The van der Waals surface area contributed by atoms with Crippen molar-refractivity contribution in [2.24, 2.45) is 0 Å². The van der Waals surface area contributed by atoms with Gasteiger partial charge in [-0.2, -0.15) is 0 Å². The highest BCUT2D eigenvalue weighted by atomic mass is 32.2. The molecule has 0 bridgehead atoms. The predicted octanol–water partition coefficient (Wildman–Crippen LogP) is 5.34. The Bertz CT molecular complexity index is 1560. The number of hydrogen-bond acceptors (Lipinski definition) is 5. The maximum atomic E-state index is 14.2. The maximum absolute atomic E-state index is 14.2. The first kappa shape index (κ1) is 24.3. The molecule has 0 aliphatic carbocycles. The number of Topliss-reactive ketones (excluding diaryl/α,β-unsaturated/α-hetero) is 1. The zero-order valence-electron chi connectivity index (χ0n) is 18.9. The summed E-state index contributed by atoms with van der Waals surface area (Å²) in [4.78, 5) is 16.3. The number of carbonyl (C=O) groups excluding carboxylic acids is 1. The summed E-state index contributed by atoms with van der Waals surface area (Å²) in [5, 5.41) is 3.19. The summed E-state index contributed by atoms with van der Waals surface area (Å²) in [5.41, 5.74) is 1.04. The SMILES string of the molecule is COc1cc(NC(C(=O)c2c[nH]c3c(F)c(F)ccc23)c2ccc(F)cc2C)cc(S(C)(=O)=O)c1. The molecule has 0 spiro atoms. The molecule has 4 rings (SSSR count). The Labute approximate surface area is 199 Å². The van der Waals surface area contributed by atoms with E-state index in [1.807, 2.05) is 0 Å². The average Bonchev–Trinajstić information content (AvgIpc) is 3.24. The van der Waals surface area contributed by atoms with Gasteiger partial charge in [-0.3, -0.25) is 4.79 Å². The Morgan fingerprint density at radius 3 is 2.46 bits per heavy atom. The number of ether oxygens (including phenoxy) is 1. The normalized spacial score (nSPS) is 12.5. The van der Waals surface area contributed by atoms with Gasteiger partial charge >= 0.3 is 0 Å². The molecule has 1 heterocycles. The summed E-state index contributed by atoms with van der Waals surface area (Å²) < 4.78 is 71.3. The summed E-state index contributed by atoms with van der Waals surface area (Å²) in [6.45, 7) is 1.62. The van der Waals surface area contributed by atoms with Crippen LogP contribution in [0.2, 0.25) is 0 Å². The van der Waals surface area contributed by atoms with Crippen LogP contribution < -0.4 is 10.1 Å². The van der Waals surface area contributed by atoms with E-state index in [2.05, 4.69) is 10.3 Å². The summed E-state index contributed by atoms with van der Waals surface area (Å²) >= 11 is 0. The minimum Gasteiger partial charge on any atom is -0.497 e. The number of ketones is 1. The number of H-pyrrole nitrogens is 1. The Morgan fingerprint density at radius 1 is 1.06 bits per heavy atom. The molecule has 10 heteroatoms.